The highest BCUT2D eigenvalue weighted by Crippen LogP contribution is 2.21. The second kappa shape index (κ2) is 3.78. The van der Waals surface area contributed by atoms with Crippen LogP contribution in [0.4, 0.5) is 5.82 Å². The van der Waals surface area contributed by atoms with E-state index in [1.165, 1.54) is 0 Å². The molecule has 0 aliphatic carbocycles. The number of aromatic nitrogens is 2. The first-order valence-corrected chi connectivity index (χ1v) is 4.09. The number of nitrogens with zero attached hydrogens (tertiary/aromatic N) is 2. The van der Waals surface area contributed by atoms with Gasteiger partial charge < -0.3 is 15.0 Å². The minimum Gasteiger partial charge on any atom is -0.395 e. The van der Waals surface area contributed by atoms with Crippen molar-refractivity contribution in [3.8, 4) is 0 Å². The average Bonchev–Trinajstić information content (AvgIpc) is 2.32. The zero-order chi connectivity index (χ0) is 9.14. The van der Waals surface area contributed by atoms with Crippen LogP contribution in [0.25, 0.3) is 0 Å². The van der Waals surface area contributed by atoms with Gasteiger partial charge in [-0.15, -0.1) is 0 Å². The van der Waals surface area contributed by atoms with Crippen molar-refractivity contribution in [1.82, 2.24) is 9.55 Å². The van der Waals surface area contributed by atoms with Crippen molar-refractivity contribution < 1.29 is 5.11 Å². The lowest BCUT2D eigenvalue weighted by Gasteiger charge is -2.02. The molecule has 1 heterocycles. The first-order valence-electron chi connectivity index (χ1n) is 3.72. The number of aliphatic hydroxyl groups excluding tert-OH is 1. The van der Waals surface area contributed by atoms with Crippen LogP contribution < -0.4 is 5.32 Å². The lowest BCUT2D eigenvalue weighted by molar-refractivity contribution is 0.275. The van der Waals surface area contributed by atoms with Gasteiger partial charge in [0.25, 0.3) is 0 Å². The van der Waals surface area contributed by atoms with Gasteiger partial charge in [-0.25, -0.2) is 4.98 Å². The number of hydrogen-bond acceptors (Lipinski definition) is 3. The molecule has 0 unspecified atom stereocenters. The van der Waals surface area contributed by atoms with Gasteiger partial charge in [0.1, 0.15) is 5.82 Å². The Hall–Kier alpha value is -0.740. The Morgan fingerprint density at radius 1 is 1.67 bits per heavy atom. The molecular weight excluding hydrogens is 178 g/mol. The number of imidazole rings is 1. The molecule has 0 spiro atoms. The van der Waals surface area contributed by atoms with Crippen LogP contribution in [0, 0.1) is 6.92 Å². The molecule has 1 aromatic rings. The molecule has 2 N–H and O–H groups in total. The van der Waals surface area contributed by atoms with E-state index in [1.807, 2.05) is 6.92 Å². The second-order valence-electron chi connectivity index (χ2n) is 2.42. The summed E-state index contributed by atoms with van der Waals surface area (Å²) < 4.78 is 1.76. The topological polar surface area (TPSA) is 50.1 Å². The van der Waals surface area contributed by atoms with E-state index < -0.39 is 0 Å². The van der Waals surface area contributed by atoms with Crippen molar-refractivity contribution in [2.45, 2.75) is 13.5 Å². The summed E-state index contributed by atoms with van der Waals surface area (Å²) in [6, 6.07) is 0. The second-order valence-corrected chi connectivity index (χ2v) is 2.78. The van der Waals surface area contributed by atoms with Crippen molar-refractivity contribution in [2.75, 3.05) is 19.0 Å². The molecule has 0 aliphatic heterocycles. The van der Waals surface area contributed by atoms with E-state index in [2.05, 4.69) is 10.3 Å². The van der Waals surface area contributed by atoms with Gasteiger partial charge in [0, 0.05) is 13.6 Å². The smallest absolute Gasteiger partial charge is 0.163 e. The molecule has 0 saturated heterocycles. The first-order chi connectivity index (χ1) is 5.70. The molecule has 1 aromatic heterocycles. The zero-order valence-electron chi connectivity index (χ0n) is 7.13. The Kier molecular flexibility index (Phi) is 2.94. The van der Waals surface area contributed by atoms with E-state index in [9.17, 15) is 0 Å². The molecule has 0 aromatic carbocycles. The summed E-state index contributed by atoms with van der Waals surface area (Å²) in [5.74, 6) is 1.46. The minimum atomic E-state index is 0.0695. The summed E-state index contributed by atoms with van der Waals surface area (Å²) >= 11 is 5.94. The Morgan fingerprint density at radius 3 is 2.75 bits per heavy atom. The number of nitrogens with one attached hydrogen (secondary N) is 1. The molecule has 0 atom stereocenters. The molecular formula is C7H12ClN3O. The molecule has 1 rings (SSSR count). The number of hydrogen-bond donors (Lipinski definition) is 2. The monoisotopic (exact) mass is 189 g/mol. The molecule has 4 nitrogen and oxygen atoms in total. The lowest BCUT2D eigenvalue weighted by atomic mass is 10.6. The third-order valence-corrected chi connectivity index (χ3v) is 2.04. The standard InChI is InChI=1S/C7H12ClN3O/c1-5-10-7(9-2)6(8)11(5)3-4-12/h9,12H,3-4H2,1-2H3. The van der Waals surface area contributed by atoms with Gasteiger partial charge >= 0.3 is 0 Å². The van der Waals surface area contributed by atoms with Crippen LogP contribution in [-0.2, 0) is 6.54 Å². The number of anilines is 1. The van der Waals surface area contributed by atoms with Crippen molar-refractivity contribution >= 4 is 17.4 Å². The molecule has 0 amide bonds. The summed E-state index contributed by atoms with van der Waals surface area (Å²) in [5.41, 5.74) is 0. The number of halogens is 1. The summed E-state index contributed by atoms with van der Waals surface area (Å²) in [7, 11) is 1.76. The Morgan fingerprint density at radius 2 is 2.33 bits per heavy atom. The van der Waals surface area contributed by atoms with Crippen molar-refractivity contribution in [2.24, 2.45) is 0 Å². The highest BCUT2D eigenvalue weighted by atomic mass is 35.5. The van der Waals surface area contributed by atoms with Crippen LogP contribution in [0.2, 0.25) is 5.15 Å². The molecule has 5 heteroatoms. The predicted octanol–water partition coefficient (Wildman–Crippen LogP) is 0.879. The van der Waals surface area contributed by atoms with Crippen LogP contribution >= 0.6 is 11.6 Å². The fourth-order valence-corrected chi connectivity index (χ4v) is 1.40. The quantitative estimate of drug-likeness (QED) is 0.742. The SMILES string of the molecule is CNc1nc(C)n(CCO)c1Cl. The Bertz CT molecular complexity index is 272. The third kappa shape index (κ3) is 1.54. The fourth-order valence-electron chi connectivity index (χ4n) is 1.06. The molecule has 0 bridgehead atoms. The Balaban J connectivity index is 3.01. The van der Waals surface area contributed by atoms with Gasteiger partial charge in [-0.05, 0) is 6.92 Å². The van der Waals surface area contributed by atoms with Crippen molar-refractivity contribution in [3.63, 3.8) is 0 Å². The summed E-state index contributed by atoms with van der Waals surface area (Å²) in [6.45, 7) is 2.40. The van der Waals surface area contributed by atoms with Gasteiger partial charge in [0.2, 0.25) is 0 Å². The minimum absolute atomic E-state index is 0.0695. The van der Waals surface area contributed by atoms with Gasteiger partial charge in [-0.2, -0.15) is 0 Å². The van der Waals surface area contributed by atoms with Gasteiger partial charge in [-0.3, -0.25) is 0 Å². The predicted molar refractivity (Wildman–Crippen MR) is 48.6 cm³/mol. The summed E-state index contributed by atoms with van der Waals surface area (Å²) in [6.07, 6.45) is 0. The maximum absolute atomic E-state index is 8.72. The molecule has 68 valence electrons. The van der Waals surface area contributed by atoms with Crippen LogP contribution in [0.1, 0.15) is 5.82 Å². The number of aryl methyl sites for hydroxylation is 1. The fraction of sp³-hybridized carbons (Fsp3) is 0.571. The largest absolute Gasteiger partial charge is 0.395 e. The highest BCUT2D eigenvalue weighted by Gasteiger charge is 2.09. The third-order valence-electron chi connectivity index (χ3n) is 1.66. The van der Waals surface area contributed by atoms with E-state index in [0.717, 1.165) is 5.82 Å². The summed E-state index contributed by atoms with van der Waals surface area (Å²) in [4.78, 5) is 4.16. The molecule has 0 radical (unpaired) electrons. The number of aliphatic hydroxyl groups is 1. The van der Waals surface area contributed by atoms with Crippen molar-refractivity contribution in [1.29, 1.82) is 0 Å². The maximum atomic E-state index is 8.72. The lowest BCUT2D eigenvalue weighted by Crippen LogP contribution is -2.04. The van der Waals surface area contributed by atoms with Gasteiger partial charge in [0.05, 0.1) is 6.61 Å². The molecule has 12 heavy (non-hydrogen) atoms. The van der Waals surface area contributed by atoms with Gasteiger partial charge in [0.15, 0.2) is 11.0 Å². The van der Waals surface area contributed by atoms with E-state index in [1.54, 1.807) is 11.6 Å². The first kappa shape index (κ1) is 9.35. The maximum Gasteiger partial charge on any atom is 0.163 e. The van der Waals surface area contributed by atoms with E-state index in [0.29, 0.717) is 17.5 Å². The molecule has 0 fully saturated rings. The van der Waals surface area contributed by atoms with E-state index in [4.69, 9.17) is 16.7 Å². The van der Waals surface area contributed by atoms with Crippen LogP contribution in [0.15, 0.2) is 0 Å². The number of rotatable bonds is 3. The van der Waals surface area contributed by atoms with E-state index >= 15 is 0 Å². The van der Waals surface area contributed by atoms with Crippen LogP contribution in [0.3, 0.4) is 0 Å². The average molecular weight is 190 g/mol. The zero-order valence-corrected chi connectivity index (χ0v) is 7.89. The molecule has 0 aliphatic rings. The normalized spacial score (nSPS) is 10.3. The molecule has 0 saturated carbocycles. The summed E-state index contributed by atoms with van der Waals surface area (Å²) in [5, 5.41) is 12.1. The van der Waals surface area contributed by atoms with Gasteiger partial charge in [-0.1, -0.05) is 11.6 Å². The van der Waals surface area contributed by atoms with Crippen molar-refractivity contribution in [3.05, 3.63) is 11.0 Å². The Labute approximate surface area is 76.2 Å². The van der Waals surface area contributed by atoms with Crippen LogP contribution in [-0.4, -0.2) is 28.3 Å². The van der Waals surface area contributed by atoms with E-state index in [-0.39, 0.29) is 6.61 Å². The van der Waals surface area contributed by atoms with Crippen LogP contribution in [0.5, 0.6) is 0 Å². The highest BCUT2D eigenvalue weighted by molar-refractivity contribution is 6.32.